The van der Waals surface area contributed by atoms with E-state index in [4.69, 9.17) is 0 Å². The lowest BCUT2D eigenvalue weighted by atomic mass is 9.91. The van der Waals surface area contributed by atoms with Crippen molar-refractivity contribution in [1.82, 2.24) is 0 Å². The van der Waals surface area contributed by atoms with E-state index in [0.29, 0.717) is 18.2 Å². The summed E-state index contributed by atoms with van der Waals surface area (Å²) in [6, 6.07) is 7.18. The normalized spacial score (nSPS) is 13.5. The average molecular weight is 307 g/mol. The van der Waals surface area contributed by atoms with Crippen LogP contribution in [-0.2, 0) is 13.0 Å². The SMILES string of the molecule is CCCCC(CC)Cc1cccc(C/N=N/[SiH2]CC)c1O. The number of nitrogens with zero attached hydrogens (tertiary/aromatic N) is 2. The second-order valence-corrected chi connectivity index (χ2v) is 7.44. The van der Waals surface area contributed by atoms with Crippen molar-refractivity contribution in [1.29, 1.82) is 0 Å². The Morgan fingerprint density at radius 1 is 1.19 bits per heavy atom. The van der Waals surface area contributed by atoms with Crippen LogP contribution >= 0.6 is 0 Å². The predicted molar refractivity (Wildman–Crippen MR) is 92.7 cm³/mol. The molecular formula is C17H30N2OSi. The third kappa shape index (κ3) is 6.42. The van der Waals surface area contributed by atoms with E-state index in [-0.39, 0.29) is 9.68 Å². The van der Waals surface area contributed by atoms with Gasteiger partial charge in [-0.3, -0.25) is 0 Å². The van der Waals surface area contributed by atoms with Gasteiger partial charge in [0.25, 0.3) is 0 Å². The Balaban J connectivity index is 2.70. The second kappa shape index (κ2) is 10.5. The highest BCUT2D eigenvalue weighted by Gasteiger charge is 2.12. The monoisotopic (exact) mass is 306 g/mol. The van der Waals surface area contributed by atoms with Crippen molar-refractivity contribution in [2.45, 2.75) is 65.5 Å². The summed E-state index contributed by atoms with van der Waals surface area (Å²) in [6.07, 6.45) is 5.90. The molecule has 0 saturated heterocycles. The first-order valence-corrected chi connectivity index (χ1v) is 9.99. The maximum Gasteiger partial charge on any atom is 0.178 e. The first kappa shape index (κ1) is 17.9. The van der Waals surface area contributed by atoms with E-state index in [9.17, 15) is 5.11 Å². The number of aromatic hydroxyl groups is 1. The zero-order chi connectivity index (χ0) is 15.5. The van der Waals surface area contributed by atoms with Gasteiger partial charge < -0.3 is 5.11 Å². The van der Waals surface area contributed by atoms with Gasteiger partial charge >= 0.3 is 0 Å². The molecule has 0 aliphatic carbocycles. The topological polar surface area (TPSA) is 45.0 Å². The molecule has 0 amide bonds. The number of hydrogen-bond donors (Lipinski definition) is 1. The molecule has 0 fully saturated rings. The lowest BCUT2D eigenvalue weighted by Gasteiger charge is -2.16. The summed E-state index contributed by atoms with van der Waals surface area (Å²) < 4.78 is 4.23. The average Bonchev–Trinajstić information content (AvgIpc) is 2.50. The Labute approximate surface area is 131 Å². The molecule has 4 heteroatoms. The van der Waals surface area contributed by atoms with E-state index in [1.807, 2.05) is 18.2 Å². The highest BCUT2D eigenvalue weighted by molar-refractivity contribution is 6.32. The molecule has 1 unspecified atom stereocenters. The van der Waals surface area contributed by atoms with Crippen molar-refractivity contribution >= 4 is 9.68 Å². The zero-order valence-corrected chi connectivity index (χ0v) is 15.2. The fourth-order valence-electron chi connectivity index (χ4n) is 2.49. The van der Waals surface area contributed by atoms with E-state index < -0.39 is 0 Å². The molecule has 0 aliphatic heterocycles. The number of phenols is 1. The molecule has 0 heterocycles. The summed E-state index contributed by atoms with van der Waals surface area (Å²) >= 11 is 0. The van der Waals surface area contributed by atoms with E-state index in [1.54, 1.807) is 0 Å². The summed E-state index contributed by atoms with van der Waals surface area (Å²) in [5, 5.41) is 14.6. The Bertz CT molecular complexity index is 435. The van der Waals surface area contributed by atoms with Gasteiger partial charge in [0.2, 0.25) is 0 Å². The van der Waals surface area contributed by atoms with Crippen LogP contribution in [0.4, 0.5) is 0 Å². The van der Waals surface area contributed by atoms with Gasteiger partial charge in [0.1, 0.15) is 5.75 Å². The molecule has 0 aromatic heterocycles. The molecule has 1 aromatic rings. The Hall–Kier alpha value is -1.16. The van der Waals surface area contributed by atoms with E-state index in [1.165, 1.54) is 25.7 Å². The number of phenolic OH excluding ortho intramolecular Hbond substituents is 1. The lowest BCUT2D eigenvalue weighted by molar-refractivity contribution is 0.423. The molecule has 0 radical (unpaired) electrons. The molecule has 0 bridgehead atoms. The van der Waals surface area contributed by atoms with Crippen LogP contribution in [0.2, 0.25) is 6.04 Å². The maximum atomic E-state index is 10.4. The van der Waals surface area contributed by atoms with Crippen LogP contribution in [0.1, 0.15) is 57.6 Å². The molecule has 1 rings (SSSR count). The Morgan fingerprint density at radius 3 is 2.62 bits per heavy atom. The smallest absolute Gasteiger partial charge is 0.178 e. The standard InChI is InChI=1S/C17H30N2OSi/c1-4-7-9-14(5-2)12-15-10-8-11-16(17(15)20)13-18-19-21-6-3/h8,10-11,14,20H,4-7,9,12-13,21H2,1-3H3/b19-18+. The minimum atomic E-state index is -0.371. The molecule has 0 saturated carbocycles. The van der Waals surface area contributed by atoms with Crippen molar-refractivity contribution in [3.05, 3.63) is 29.3 Å². The minimum absolute atomic E-state index is 0.371. The number of unbranched alkanes of at least 4 members (excludes halogenated alkanes) is 1. The van der Waals surface area contributed by atoms with E-state index in [0.717, 1.165) is 23.6 Å². The highest BCUT2D eigenvalue weighted by Crippen LogP contribution is 2.28. The fraction of sp³-hybridized carbons (Fsp3) is 0.647. The molecule has 1 aromatic carbocycles. The van der Waals surface area contributed by atoms with E-state index >= 15 is 0 Å². The van der Waals surface area contributed by atoms with Crippen LogP contribution in [0.25, 0.3) is 0 Å². The molecule has 118 valence electrons. The molecule has 1 atom stereocenters. The number of benzene rings is 1. The summed E-state index contributed by atoms with van der Waals surface area (Å²) in [5.74, 6) is 1.10. The van der Waals surface area contributed by atoms with E-state index in [2.05, 4.69) is 30.7 Å². The molecule has 1 N–H and O–H groups in total. The largest absolute Gasteiger partial charge is 0.507 e. The Morgan fingerprint density at radius 2 is 1.95 bits per heavy atom. The number of rotatable bonds is 10. The van der Waals surface area contributed by atoms with Crippen molar-refractivity contribution in [3.8, 4) is 5.75 Å². The molecule has 0 aliphatic rings. The lowest BCUT2D eigenvalue weighted by Crippen LogP contribution is -2.04. The zero-order valence-electron chi connectivity index (χ0n) is 13.8. The third-order valence-electron chi connectivity index (χ3n) is 3.92. The van der Waals surface area contributed by atoms with Crippen molar-refractivity contribution in [3.63, 3.8) is 0 Å². The molecular weight excluding hydrogens is 276 g/mol. The summed E-state index contributed by atoms with van der Waals surface area (Å²) in [6.45, 7) is 7.13. The maximum absolute atomic E-state index is 10.4. The van der Waals surface area contributed by atoms with Crippen LogP contribution in [-0.4, -0.2) is 14.8 Å². The fourth-order valence-corrected chi connectivity index (χ4v) is 2.93. The van der Waals surface area contributed by atoms with Crippen molar-refractivity contribution in [2.75, 3.05) is 0 Å². The summed E-state index contributed by atoms with van der Waals surface area (Å²) in [7, 11) is -0.371. The van der Waals surface area contributed by atoms with Gasteiger partial charge in [-0.25, -0.2) is 9.89 Å². The van der Waals surface area contributed by atoms with Gasteiger partial charge in [-0.15, -0.1) is 0 Å². The van der Waals surface area contributed by atoms with Crippen molar-refractivity contribution in [2.24, 2.45) is 15.8 Å². The van der Waals surface area contributed by atoms with Gasteiger partial charge in [-0.1, -0.05) is 64.7 Å². The first-order valence-electron chi connectivity index (χ1n) is 8.35. The van der Waals surface area contributed by atoms with Gasteiger partial charge in [0, 0.05) is 5.56 Å². The quantitative estimate of drug-likeness (QED) is 0.497. The van der Waals surface area contributed by atoms with Gasteiger partial charge in [-0.2, -0.15) is 0 Å². The highest BCUT2D eigenvalue weighted by atomic mass is 28.2. The van der Waals surface area contributed by atoms with Crippen LogP contribution < -0.4 is 0 Å². The Kier molecular flexibility index (Phi) is 8.98. The number of hydrogen-bond acceptors (Lipinski definition) is 3. The van der Waals surface area contributed by atoms with Gasteiger partial charge in [0.15, 0.2) is 9.68 Å². The van der Waals surface area contributed by atoms with Gasteiger partial charge in [-0.05, 0) is 23.9 Å². The van der Waals surface area contributed by atoms with Crippen LogP contribution in [0.3, 0.4) is 0 Å². The van der Waals surface area contributed by atoms with Crippen LogP contribution in [0.5, 0.6) is 5.75 Å². The van der Waals surface area contributed by atoms with Crippen molar-refractivity contribution < 1.29 is 5.11 Å². The van der Waals surface area contributed by atoms with Crippen LogP contribution in [0, 0.1) is 5.92 Å². The summed E-state index contributed by atoms with van der Waals surface area (Å²) in [4.78, 5) is 0. The summed E-state index contributed by atoms with van der Waals surface area (Å²) in [5.41, 5.74) is 1.98. The first-order chi connectivity index (χ1) is 10.2. The molecule has 0 spiro atoms. The number of para-hydroxylation sites is 1. The minimum Gasteiger partial charge on any atom is -0.507 e. The van der Waals surface area contributed by atoms with Gasteiger partial charge in [0.05, 0.1) is 6.54 Å². The van der Waals surface area contributed by atoms with Crippen LogP contribution in [0.15, 0.2) is 28.1 Å². The molecule has 3 nitrogen and oxygen atoms in total. The predicted octanol–water partition coefficient (Wildman–Crippen LogP) is 4.63. The second-order valence-electron chi connectivity index (χ2n) is 5.71. The third-order valence-corrected chi connectivity index (χ3v) is 4.77. The molecule has 21 heavy (non-hydrogen) atoms.